The number of piperazine rings is 2. The number of benzene rings is 4. The molecule has 0 aromatic heterocycles. The minimum atomic E-state index is -2.43. The molecule has 94 heavy (non-hydrogen) atoms. The highest BCUT2D eigenvalue weighted by molar-refractivity contribution is 6.74. The zero-order valence-corrected chi connectivity index (χ0v) is 59.9. The first-order chi connectivity index (χ1) is 43.7. The molecule has 0 N–H and O–H groups in total. The maximum absolute atomic E-state index is 13.8. The first-order valence-corrected chi connectivity index (χ1v) is 37.6. The Balaban J connectivity index is 0.000000221. The van der Waals surface area contributed by atoms with Crippen molar-refractivity contribution < 1.29 is 85.1 Å². The maximum Gasteiger partial charge on any atom is 0.411 e. The molecule has 0 radical (unpaired) electrons. The van der Waals surface area contributed by atoms with Crippen molar-refractivity contribution in [2.45, 2.75) is 205 Å². The third-order valence-corrected chi connectivity index (χ3v) is 28.4. The molecule has 4 saturated heterocycles. The molecule has 6 aliphatic rings. The molecule has 4 fully saturated rings. The summed E-state index contributed by atoms with van der Waals surface area (Å²) >= 11 is 0. The van der Waals surface area contributed by atoms with E-state index in [0.717, 1.165) is 23.7 Å². The Labute approximate surface area is 553 Å². The average Bonchev–Trinajstić information content (AvgIpc) is 1.50. The first kappa shape index (κ1) is 70.5. The van der Waals surface area contributed by atoms with E-state index in [0.29, 0.717) is 35.6 Å². The number of ether oxygens (including phenoxy) is 8. The summed E-state index contributed by atoms with van der Waals surface area (Å²) in [6.07, 6.45) is 0.832. The molecule has 0 aliphatic carbocycles. The normalized spacial score (nSPS) is 23.0. The lowest BCUT2D eigenvalue weighted by atomic mass is 9.76. The Morgan fingerprint density at radius 2 is 0.947 bits per heavy atom. The van der Waals surface area contributed by atoms with Gasteiger partial charge in [0.15, 0.2) is 33.9 Å². The number of esters is 4. The van der Waals surface area contributed by atoms with Crippen molar-refractivity contribution in [3.8, 4) is 23.0 Å². The molecule has 2 amide bonds. The highest BCUT2D eigenvalue weighted by Crippen LogP contribution is 2.64. The zero-order valence-electron chi connectivity index (χ0n) is 57.9. The molecule has 10 rings (SSSR count). The Morgan fingerprint density at radius 1 is 0.543 bits per heavy atom. The van der Waals surface area contributed by atoms with Gasteiger partial charge in [0.25, 0.3) is 0 Å². The van der Waals surface area contributed by atoms with Gasteiger partial charge in [-0.25, -0.2) is 19.2 Å². The third kappa shape index (κ3) is 13.2. The summed E-state index contributed by atoms with van der Waals surface area (Å²) in [4.78, 5) is 113. The predicted molar refractivity (Wildman–Crippen MR) is 355 cm³/mol. The number of fused-ring (bicyclic) bond motifs is 10. The minimum absolute atomic E-state index is 0.00861. The minimum Gasteiger partial charge on any atom is -0.488 e. The van der Waals surface area contributed by atoms with E-state index in [1.54, 1.807) is 36.6 Å². The van der Waals surface area contributed by atoms with Crippen molar-refractivity contribution in [1.82, 2.24) is 9.80 Å². The summed E-state index contributed by atoms with van der Waals surface area (Å²) in [6, 6.07) is 19.6. The number of methoxy groups -OCH3 is 2. The van der Waals surface area contributed by atoms with Crippen LogP contribution in [0.5, 0.6) is 23.0 Å². The topological polar surface area (TPSA) is 241 Å². The van der Waals surface area contributed by atoms with Gasteiger partial charge in [-0.2, -0.15) is 0 Å². The van der Waals surface area contributed by atoms with E-state index in [9.17, 15) is 38.4 Å². The lowest BCUT2D eigenvalue weighted by molar-refractivity contribution is -0.132. The van der Waals surface area contributed by atoms with Gasteiger partial charge in [0.05, 0.1) is 69.4 Å². The van der Waals surface area contributed by atoms with Crippen molar-refractivity contribution in [2.75, 3.05) is 50.3 Å². The van der Waals surface area contributed by atoms with Gasteiger partial charge in [-0.15, -0.1) is 0 Å². The fourth-order valence-corrected chi connectivity index (χ4v) is 14.9. The summed E-state index contributed by atoms with van der Waals surface area (Å²) in [7, 11) is -2.37. The molecule has 22 nitrogen and oxygen atoms in total. The van der Waals surface area contributed by atoms with Crippen LogP contribution in [-0.2, 0) is 71.0 Å². The van der Waals surface area contributed by atoms with Crippen LogP contribution >= 0.6 is 0 Å². The second kappa shape index (κ2) is 25.4. The Bertz CT molecular complexity index is 3580. The molecule has 0 spiro atoms. The van der Waals surface area contributed by atoms with Crippen molar-refractivity contribution in [1.29, 1.82) is 0 Å². The number of amides is 2. The summed E-state index contributed by atoms with van der Waals surface area (Å²) < 4.78 is 59.8. The van der Waals surface area contributed by atoms with E-state index >= 15 is 0 Å². The molecule has 4 aromatic carbocycles. The Hall–Kier alpha value is -7.81. The molecule has 8 atom stereocenters. The number of aldehydes is 2. The maximum atomic E-state index is 13.8. The second-order valence-corrected chi connectivity index (χ2v) is 39.8. The van der Waals surface area contributed by atoms with Crippen LogP contribution in [0.3, 0.4) is 0 Å². The van der Waals surface area contributed by atoms with Crippen molar-refractivity contribution in [3.05, 3.63) is 106 Å². The fourth-order valence-electron chi connectivity index (χ4n) is 12.9. The molecule has 2 unspecified atom stereocenters. The Morgan fingerprint density at radius 3 is 1.36 bits per heavy atom. The summed E-state index contributed by atoms with van der Waals surface area (Å²) in [6.45, 7) is 35.4. The van der Waals surface area contributed by atoms with E-state index in [2.05, 4.69) is 67.7 Å². The molecule has 4 aromatic rings. The van der Waals surface area contributed by atoms with Crippen molar-refractivity contribution in [3.63, 3.8) is 0 Å². The van der Waals surface area contributed by atoms with Crippen LogP contribution < -0.4 is 28.7 Å². The zero-order chi connectivity index (χ0) is 69.4. The molecule has 6 heterocycles. The van der Waals surface area contributed by atoms with Crippen LogP contribution in [0.15, 0.2) is 72.8 Å². The summed E-state index contributed by atoms with van der Waals surface area (Å²) in [5.41, 5.74) is -0.624. The summed E-state index contributed by atoms with van der Waals surface area (Å²) in [5, 5.41) is -0.328. The molecular weight excluding hydrogens is 1240 g/mol. The number of carbonyl (C=O) groups is 8. The highest BCUT2D eigenvalue weighted by Gasteiger charge is 2.75. The standard InChI is InChI=1S/2C35H46N2O9Si/c1-21(39)45-29-23(31(40)42-8)16-25(43-18-22-14-12-11-13-15-22)26-28(29)36-17-24-27(37(24)32(41)46-33(2,3)4)30(36)35(26,19-38)20-44-47(9,10)34(5,6)7;1-21(39)45-28-23(31(40)42-8)16-24-26(29(28)43-18-22-14-12-11-13-15-22)35(19-38,20-44-47(9,10)34(5,6)7)30-27-25(17-36(24)30)37(27)32(41)46-33(2,3)4/h11-16,19,24,27,30H,17-18,20H2,1-10H3;11-16,19,25,27,30H,17-18,20H2,1-10H3/t24-,27-,30?,35-,37?;25-,27-,30?,35-,37?/m00/s1. The van der Waals surface area contributed by atoms with Crippen LogP contribution in [0.25, 0.3) is 0 Å². The number of anilines is 2. The van der Waals surface area contributed by atoms with Crippen LogP contribution in [0.4, 0.5) is 21.0 Å². The molecule has 6 aliphatic heterocycles. The third-order valence-electron chi connectivity index (χ3n) is 19.4. The fraction of sp³-hybridized carbons (Fsp3) is 0.543. The number of carbonyl (C=O) groups excluding carboxylic acids is 8. The van der Waals surface area contributed by atoms with Gasteiger partial charge >= 0.3 is 36.1 Å². The molecule has 24 heteroatoms. The van der Waals surface area contributed by atoms with E-state index in [1.165, 1.54) is 34.1 Å². The van der Waals surface area contributed by atoms with E-state index in [1.807, 2.05) is 91.2 Å². The van der Waals surface area contributed by atoms with Gasteiger partial charge in [-0.1, -0.05) is 102 Å². The van der Waals surface area contributed by atoms with Gasteiger partial charge in [0.2, 0.25) is 0 Å². The van der Waals surface area contributed by atoms with Gasteiger partial charge in [-0.3, -0.25) is 19.4 Å². The average molecular weight is 1330 g/mol. The number of rotatable bonds is 18. The smallest absolute Gasteiger partial charge is 0.411 e. The number of hydrogen-bond acceptors (Lipinski definition) is 20. The second-order valence-electron chi connectivity index (χ2n) is 30.2. The summed E-state index contributed by atoms with van der Waals surface area (Å²) in [5.74, 6) is -2.58. The van der Waals surface area contributed by atoms with E-state index in [-0.39, 0.29) is 88.8 Å². The number of hydrogen-bond donors (Lipinski definition) is 0. The lowest BCUT2D eigenvalue weighted by Crippen LogP contribution is -2.54. The van der Waals surface area contributed by atoms with Gasteiger partial charge in [0, 0.05) is 43.8 Å². The van der Waals surface area contributed by atoms with Crippen LogP contribution in [0.2, 0.25) is 36.3 Å². The predicted octanol–water partition coefficient (Wildman–Crippen LogP) is 11.3. The molecule has 508 valence electrons. The van der Waals surface area contributed by atoms with Gasteiger partial charge in [0.1, 0.15) is 64.7 Å². The van der Waals surface area contributed by atoms with Crippen molar-refractivity contribution in [2.24, 2.45) is 0 Å². The van der Waals surface area contributed by atoms with Crippen molar-refractivity contribution >= 4 is 76.6 Å². The van der Waals surface area contributed by atoms with Crippen LogP contribution in [0.1, 0.15) is 140 Å². The first-order valence-electron chi connectivity index (χ1n) is 31.8. The monoisotopic (exact) mass is 1330 g/mol. The largest absolute Gasteiger partial charge is 0.488 e. The highest BCUT2D eigenvalue weighted by atomic mass is 28.4. The van der Waals surface area contributed by atoms with Gasteiger partial charge in [-0.05, 0) is 101 Å². The number of nitrogens with zero attached hydrogens (tertiary/aromatic N) is 4. The Kier molecular flexibility index (Phi) is 19.1. The quantitative estimate of drug-likeness (QED) is 0.0224. The van der Waals surface area contributed by atoms with E-state index in [4.69, 9.17) is 46.7 Å². The lowest BCUT2D eigenvalue weighted by Gasteiger charge is -2.41. The van der Waals surface area contributed by atoms with Crippen LogP contribution in [-0.4, -0.2) is 163 Å². The van der Waals surface area contributed by atoms with Crippen LogP contribution in [0, 0.1) is 0 Å². The van der Waals surface area contributed by atoms with Gasteiger partial charge < -0.3 is 66.1 Å². The SMILES string of the molecule is COC(=O)c1cc(OCc2ccccc2)c2c(c1OC(C)=O)N1C[C@H]3[C@@H](C1[C@@]2(C=O)CO[Si](C)(C)C(C)(C)C)N3C(=O)OC(C)(C)C.COC(=O)c1cc2c(c(OCc3ccccc3)c1OC(C)=O)[C@](C=O)(CO[Si](C)(C)C(C)(C)C)C1[C@@H]3[C@H](CN21)N3C(=O)OC(C)(C)C. The molecule has 0 bridgehead atoms. The molecule has 0 saturated carbocycles. The molecular formula is C70H92N4O18Si2. The van der Waals surface area contributed by atoms with E-state index < -0.39 is 92.9 Å².